The van der Waals surface area contributed by atoms with E-state index in [1.165, 1.54) is 17.0 Å². The van der Waals surface area contributed by atoms with Crippen molar-refractivity contribution in [3.05, 3.63) is 60.7 Å². The number of likely N-dealkylation sites (tertiary alicyclic amines) is 1. The van der Waals surface area contributed by atoms with Gasteiger partial charge < -0.3 is 15.0 Å². The number of hydrogen-bond acceptors (Lipinski definition) is 5. The number of carbonyl (C=O) groups excluding carboxylic acids is 2. The van der Waals surface area contributed by atoms with Crippen LogP contribution in [-0.4, -0.2) is 56.1 Å². The fraction of sp³-hybridized carbons (Fsp3) is 0.417. The maximum absolute atomic E-state index is 14.1. The number of ether oxygens (including phenoxy) is 1. The number of para-hydroxylation sites is 1. The van der Waals surface area contributed by atoms with Crippen molar-refractivity contribution in [1.29, 1.82) is 0 Å². The Bertz CT molecular complexity index is 1130. The summed E-state index contributed by atoms with van der Waals surface area (Å²) in [6.07, 6.45) is 0. The lowest BCUT2D eigenvalue weighted by atomic mass is 9.87. The predicted octanol–water partition coefficient (Wildman–Crippen LogP) is 2.78. The Kier molecular flexibility index (Phi) is 6.51. The lowest BCUT2D eigenvalue weighted by Crippen LogP contribution is -2.94. The molecule has 0 saturated carbocycles. The molecule has 1 saturated heterocycles. The van der Waals surface area contributed by atoms with Crippen LogP contribution >= 0.6 is 0 Å². The Hall–Kier alpha value is -2.65. The highest BCUT2D eigenvalue weighted by Gasteiger charge is 2.78. The quantitative estimate of drug-likeness (QED) is 0.478. The average molecular weight is 489 g/mol. The number of hydrogen-bond donors (Lipinski definition) is 1. The zero-order chi connectivity index (χ0) is 24.7. The van der Waals surface area contributed by atoms with Crippen LogP contribution in [0.5, 0.6) is 5.75 Å². The number of amides is 2. The van der Waals surface area contributed by atoms with Gasteiger partial charge in [0.25, 0.3) is 5.91 Å². The molecule has 2 aromatic rings. The number of nitrogens with zero attached hydrogens (tertiary/aromatic N) is 1. The summed E-state index contributed by atoms with van der Waals surface area (Å²) in [5.41, 5.74) is -0.772. The first kappa shape index (κ1) is 25.0. The van der Waals surface area contributed by atoms with Crippen LogP contribution < -0.4 is 10.1 Å². The largest absolute Gasteiger partial charge is 0.484 e. The van der Waals surface area contributed by atoms with Gasteiger partial charge in [0.2, 0.25) is 15.7 Å². The van der Waals surface area contributed by atoms with Gasteiger partial charge in [0.05, 0.1) is 13.7 Å². The maximum Gasteiger partial charge on any atom is 0.258 e. The van der Waals surface area contributed by atoms with Crippen LogP contribution in [0.15, 0.2) is 65.6 Å². The van der Waals surface area contributed by atoms with Gasteiger partial charge in [0.1, 0.15) is 10.9 Å². The predicted molar refractivity (Wildman–Crippen MR) is 130 cm³/mol. The first-order valence-electron chi connectivity index (χ1n) is 10.9. The van der Waals surface area contributed by atoms with Gasteiger partial charge in [-0.25, -0.2) is 8.42 Å². The number of β-lactam (4-membered cyclic amide) rings is 1. The molecule has 7 nitrogen and oxygen atoms in total. The monoisotopic (exact) mass is 488 g/mol. The van der Waals surface area contributed by atoms with Crippen molar-refractivity contribution in [3.8, 4) is 5.75 Å². The molecule has 0 radical (unpaired) electrons. The minimum atomic E-state index is -4.05. The van der Waals surface area contributed by atoms with Gasteiger partial charge in [-0.15, -0.1) is 0 Å². The molecule has 0 unspecified atom stereocenters. The molecule has 2 atom stereocenters. The Labute approximate surface area is 197 Å². The molecule has 2 aromatic carbocycles. The molecule has 33 heavy (non-hydrogen) atoms. The average Bonchev–Trinajstić information content (AvgIpc) is 2.75. The van der Waals surface area contributed by atoms with Gasteiger partial charge >= 0.3 is 0 Å². The van der Waals surface area contributed by atoms with Gasteiger partial charge in [-0.05, 0) is 52.0 Å². The molecule has 1 heterocycles. The smallest absolute Gasteiger partial charge is 0.258 e. The van der Waals surface area contributed by atoms with Crippen LogP contribution in [0.2, 0.25) is 13.1 Å². The van der Waals surface area contributed by atoms with Gasteiger partial charge in [0, 0.05) is 5.54 Å². The molecule has 0 aliphatic carbocycles. The molecule has 1 fully saturated rings. The molecule has 3 rings (SSSR count). The van der Waals surface area contributed by atoms with E-state index in [0.29, 0.717) is 5.75 Å². The zero-order valence-corrected chi connectivity index (χ0v) is 21.9. The van der Waals surface area contributed by atoms with Crippen molar-refractivity contribution >= 4 is 30.4 Å². The minimum absolute atomic E-state index is 0.114. The fourth-order valence-electron chi connectivity index (χ4n) is 4.82. The van der Waals surface area contributed by atoms with Crippen LogP contribution in [0.3, 0.4) is 0 Å². The summed E-state index contributed by atoms with van der Waals surface area (Å²) in [4.78, 5) is 26.6. The second-order valence-corrected chi connectivity index (χ2v) is 15.2. The van der Waals surface area contributed by atoms with E-state index in [0.717, 1.165) is 0 Å². The molecule has 0 aromatic heterocycles. The number of nitrogens with one attached hydrogen (secondary N) is 1. The van der Waals surface area contributed by atoms with Crippen molar-refractivity contribution in [2.75, 3.05) is 6.61 Å². The molecule has 1 N–H and O–H groups in total. The summed E-state index contributed by atoms with van der Waals surface area (Å²) in [6, 6.07) is 16.9. The summed E-state index contributed by atoms with van der Waals surface area (Å²) >= 11 is 0. The number of carbonyl (C=O) groups is 2. The molecular weight excluding hydrogens is 456 g/mol. The molecule has 0 spiro atoms. The van der Waals surface area contributed by atoms with Crippen molar-refractivity contribution < 1.29 is 22.7 Å². The Balaban J connectivity index is 2.06. The Morgan fingerprint density at radius 2 is 1.55 bits per heavy atom. The first-order chi connectivity index (χ1) is 15.3. The van der Waals surface area contributed by atoms with Crippen molar-refractivity contribution in [2.24, 2.45) is 0 Å². The van der Waals surface area contributed by atoms with Crippen LogP contribution in [-0.2, 0) is 19.4 Å². The topological polar surface area (TPSA) is 92.8 Å². The molecule has 0 bridgehead atoms. The third-order valence-electron chi connectivity index (χ3n) is 6.26. The molecule has 1 aliphatic rings. The van der Waals surface area contributed by atoms with Crippen LogP contribution in [0, 0.1) is 0 Å². The van der Waals surface area contributed by atoms with Crippen LogP contribution in [0.1, 0.15) is 27.7 Å². The molecule has 178 valence electrons. The van der Waals surface area contributed by atoms with Gasteiger partial charge in [0.15, 0.2) is 11.5 Å². The second kappa shape index (κ2) is 8.61. The third kappa shape index (κ3) is 3.87. The van der Waals surface area contributed by atoms with E-state index in [4.69, 9.17) is 4.74 Å². The van der Waals surface area contributed by atoms with Gasteiger partial charge in [-0.3, -0.25) is 9.59 Å². The van der Waals surface area contributed by atoms with Crippen molar-refractivity contribution in [1.82, 2.24) is 10.2 Å². The molecule has 2 amide bonds. The molecule has 1 aliphatic heterocycles. The Morgan fingerprint density at radius 1 is 1.03 bits per heavy atom. The SMILES string of the molecule is C[SiH](C)[C@@]1(NC(=O)COc2ccccc2)C(=O)N(C(C)(C)C)[C@@]1(C)S(=O)(=O)c1ccccc1. The normalized spacial score (nSPS) is 23.2. The number of sulfone groups is 1. The lowest BCUT2D eigenvalue weighted by Gasteiger charge is -2.67. The number of rotatable bonds is 7. The van der Waals surface area contributed by atoms with Crippen LogP contribution in [0.25, 0.3) is 0 Å². The summed E-state index contributed by atoms with van der Waals surface area (Å²) in [5.74, 6) is -0.386. The first-order valence-corrected chi connectivity index (χ1v) is 15.3. The van der Waals surface area contributed by atoms with E-state index in [1.807, 2.05) is 19.2 Å². The fourth-order valence-corrected chi connectivity index (χ4v) is 10.4. The van der Waals surface area contributed by atoms with Crippen molar-refractivity contribution in [3.63, 3.8) is 0 Å². The van der Waals surface area contributed by atoms with E-state index in [1.54, 1.807) is 70.2 Å². The van der Waals surface area contributed by atoms with Gasteiger partial charge in [-0.1, -0.05) is 49.5 Å². The summed E-state index contributed by atoms with van der Waals surface area (Å²) in [7, 11) is -6.19. The zero-order valence-electron chi connectivity index (χ0n) is 20.0. The van der Waals surface area contributed by atoms with Crippen molar-refractivity contribution in [2.45, 2.75) is 61.3 Å². The Morgan fingerprint density at radius 3 is 2.03 bits per heavy atom. The maximum atomic E-state index is 14.1. The summed E-state index contributed by atoms with van der Waals surface area (Å²) < 4.78 is 33.7. The standard InChI is InChI=1S/C24H32N2O5SSi/c1-22(2,3)26-21(28)24(33(5)6,25-20(27)17-31-18-13-9-7-10-14-18)23(26,4)32(29,30)19-15-11-8-12-16-19/h7-16,33H,17H2,1-6H3,(H,25,27)/t23-,24-/m0/s1. The highest BCUT2D eigenvalue weighted by Crippen LogP contribution is 2.52. The molecular formula is C24H32N2O5SSi. The van der Waals surface area contributed by atoms with E-state index in [2.05, 4.69) is 5.32 Å². The minimum Gasteiger partial charge on any atom is -0.484 e. The summed E-state index contributed by atoms with van der Waals surface area (Å²) in [5, 5.41) is 1.32. The third-order valence-corrected chi connectivity index (χ3v) is 11.6. The molecule has 9 heteroatoms. The van der Waals surface area contributed by atoms with E-state index >= 15 is 0 Å². The van der Waals surface area contributed by atoms with E-state index in [9.17, 15) is 18.0 Å². The number of benzene rings is 2. The highest BCUT2D eigenvalue weighted by molar-refractivity contribution is 7.93. The summed E-state index contributed by atoms with van der Waals surface area (Å²) in [6.45, 7) is 10.4. The lowest BCUT2D eigenvalue weighted by molar-refractivity contribution is -0.171. The second-order valence-electron chi connectivity index (χ2n) is 9.72. The highest BCUT2D eigenvalue weighted by atomic mass is 32.2. The van der Waals surface area contributed by atoms with Crippen LogP contribution in [0.4, 0.5) is 0 Å². The van der Waals surface area contributed by atoms with Gasteiger partial charge in [-0.2, -0.15) is 0 Å². The van der Waals surface area contributed by atoms with E-state index in [-0.39, 0.29) is 17.4 Å². The van der Waals surface area contributed by atoms with E-state index < -0.39 is 40.1 Å².